The molecule has 0 aromatic heterocycles. The van der Waals surface area contributed by atoms with Crippen LogP contribution in [0.25, 0.3) is 0 Å². The van der Waals surface area contributed by atoms with Gasteiger partial charge in [0.25, 0.3) is 5.91 Å². The van der Waals surface area contributed by atoms with Crippen LogP contribution in [0.5, 0.6) is 17.2 Å². The zero-order valence-electron chi connectivity index (χ0n) is 17.0. The van der Waals surface area contributed by atoms with Crippen LogP contribution in [-0.4, -0.2) is 48.4 Å². The molecule has 30 heavy (non-hydrogen) atoms. The summed E-state index contributed by atoms with van der Waals surface area (Å²) in [6, 6.07) is 11.7. The summed E-state index contributed by atoms with van der Waals surface area (Å²) in [5.74, 6) is 1.15. The average Bonchev–Trinajstić information content (AvgIpc) is 2.73. The predicted octanol–water partition coefficient (Wildman–Crippen LogP) is 3.26. The van der Waals surface area contributed by atoms with E-state index in [1.165, 1.54) is 6.92 Å². The third-order valence-corrected chi connectivity index (χ3v) is 5.62. The first-order valence-electron chi connectivity index (χ1n) is 9.87. The van der Waals surface area contributed by atoms with E-state index in [4.69, 9.17) is 14.2 Å². The highest BCUT2D eigenvalue weighted by atomic mass is 16.5. The van der Waals surface area contributed by atoms with Crippen molar-refractivity contribution in [3.8, 4) is 17.2 Å². The quantitative estimate of drug-likeness (QED) is 0.572. The van der Waals surface area contributed by atoms with Crippen LogP contribution in [0.3, 0.4) is 0 Å². The van der Waals surface area contributed by atoms with Crippen LogP contribution in [0.15, 0.2) is 42.5 Å². The molecule has 0 radical (unpaired) electrons. The van der Waals surface area contributed by atoms with Gasteiger partial charge in [0.15, 0.2) is 5.78 Å². The Labute approximate surface area is 174 Å². The largest absolute Gasteiger partial charge is 0.497 e. The molecule has 1 amide bonds. The van der Waals surface area contributed by atoms with Crippen LogP contribution in [0.2, 0.25) is 0 Å². The Hall–Kier alpha value is -3.35. The number of methoxy groups -OCH3 is 1. The van der Waals surface area contributed by atoms with E-state index in [0.717, 1.165) is 0 Å². The van der Waals surface area contributed by atoms with Crippen LogP contribution < -0.4 is 14.2 Å². The number of piperidine rings is 1. The lowest BCUT2D eigenvalue weighted by Crippen LogP contribution is -2.52. The monoisotopic (exact) mass is 409 g/mol. The predicted molar refractivity (Wildman–Crippen MR) is 108 cm³/mol. The second-order valence-electron chi connectivity index (χ2n) is 7.66. The highest BCUT2D eigenvalue weighted by Gasteiger charge is 2.43. The minimum atomic E-state index is -0.591. The van der Waals surface area contributed by atoms with Crippen molar-refractivity contribution in [3.05, 3.63) is 53.6 Å². The van der Waals surface area contributed by atoms with Gasteiger partial charge in [-0.2, -0.15) is 0 Å². The zero-order valence-corrected chi connectivity index (χ0v) is 17.0. The number of rotatable bonds is 3. The Kier molecular flexibility index (Phi) is 5.20. The van der Waals surface area contributed by atoms with Crippen molar-refractivity contribution in [1.29, 1.82) is 0 Å². The van der Waals surface area contributed by atoms with Crippen LogP contribution in [-0.2, 0) is 4.79 Å². The van der Waals surface area contributed by atoms with Crippen molar-refractivity contribution < 1.29 is 28.6 Å². The Morgan fingerprint density at radius 2 is 1.70 bits per heavy atom. The van der Waals surface area contributed by atoms with Crippen molar-refractivity contribution in [2.24, 2.45) is 0 Å². The third-order valence-electron chi connectivity index (χ3n) is 5.62. The molecule has 0 saturated carbocycles. The average molecular weight is 409 g/mol. The van der Waals surface area contributed by atoms with Gasteiger partial charge in [-0.25, -0.2) is 0 Å². The number of hydrogen-bond donors (Lipinski definition) is 0. The van der Waals surface area contributed by atoms with Gasteiger partial charge in [-0.3, -0.25) is 14.4 Å². The van der Waals surface area contributed by atoms with Crippen molar-refractivity contribution in [1.82, 2.24) is 4.90 Å². The van der Waals surface area contributed by atoms with Gasteiger partial charge in [0, 0.05) is 44.5 Å². The van der Waals surface area contributed by atoms with Crippen LogP contribution in [0.4, 0.5) is 0 Å². The summed E-state index contributed by atoms with van der Waals surface area (Å²) < 4.78 is 16.5. The number of fused-ring (bicyclic) bond motifs is 1. The van der Waals surface area contributed by atoms with Crippen molar-refractivity contribution in [3.63, 3.8) is 0 Å². The summed E-state index contributed by atoms with van der Waals surface area (Å²) in [4.78, 5) is 38.3. The minimum absolute atomic E-state index is 0.0553. The van der Waals surface area contributed by atoms with E-state index >= 15 is 0 Å². The summed E-state index contributed by atoms with van der Waals surface area (Å²) in [5, 5.41) is 0. The first-order chi connectivity index (χ1) is 14.4. The Balaban J connectivity index is 1.43. The minimum Gasteiger partial charge on any atom is -0.497 e. The molecule has 1 fully saturated rings. The lowest BCUT2D eigenvalue weighted by atomic mass is 9.82. The number of carbonyl (C=O) groups is 3. The van der Waals surface area contributed by atoms with E-state index in [0.29, 0.717) is 60.7 Å². The van der Waals surface area contributed by atoms with E-state index < -0.39 is 11.6 Å². The smallest absolute Gasteiger partial charge is 0.308 e. The fourth-order valence-electron chi connectivity index (χ4n) is 4.01. The number of nitrogens with zero attached hydrogens (tertiary/aromatic N) is 1. The van der Waals surface area contributed by atoms with E-state index in [9.17, 15) is 14.4 Å². The van der Waals surface area contributed by atoms with Gasteiger partial charge < -0.3 is 19.1 Å². The summed E-state index contributed by atoms with van der Waals surface area (Å²) >= 11 is 0. The molecule has 7 heteroatoms. The lowest BCUT2D eigenvalue weighted by molar-refractivity contribution is -0.131. The van der Waals surface area contributed by atoms with Gasteiger partial charge in [-0.1, -0.05) is 0 Å². The lowest BCUT2D eigenvalue weighted by Gasteiger charge is -2.44. The zero-order chi connectivity index (χ0) is 21.3. The number of amides is 1. The molecular formula is C23H23NO6. The maximum absolute atomic E-state index is 12.8. The topological polar surface area (TPSA) is 82.1 Å². The van der Waals surface area contributed by atoms with Crippen molar-refractivity contribution in [2.75, 3.05) is 20.2 Å². The van der Waals surface area contributed by atoms with Crippen LogP contribution in [0, 0.1) is 0 Å². The molecule has 2 aromatic rings. The third kappa shape index (κ3) is 3.87. The molecule has 0 atom stereocenters. The number of likely N-dealkylation sites (tertiary alicyclic amines) is 1. The van der Waals surface area contributed by atoms with E-state index in [1.54, 1.807) is 54.5 Å². The maximum Gasteiger partial charge on any atom is 0.308 e. The van der Waals surface area contributed by atoms with Gasteiger partial charge in [-0.05, 0) is 36.4 Å². The van der Waals surface area contributed by atoms with Gasteiger partial charge >= 0.3 is 5.97 Å². The highest BCUT2D eigenvalue weighted by Crippen LogP contribution is 2.41. The standard InChI is InChI=1S/C23H23NO6/c1-15(25)29-17-5-3-16(4-6-17)22(27)24-11-9-23(10-12-24)14-20(26)19-8-7-18(28-2)13-21(19)30-23/h3-8,13H,9-12,14H2,1-2H3. The Morgan fingerprint density at radius 3 is 2.33 bits per heavy atom. The van der Waals surface area contributed by atoms with Gasteiger partial charge in [0.05, 0.1) is 19.1 Å². The first kappa shape index (κ1) is 19.9. The number of ether oxygens (including phenoxy) is 3. The maximum atomic E-state index is 12.8. The number of ketones is 1. The number of carbonyl (C=O) groups excluding carboxylic acids is 3. The molecule has 7 nitrogen and oxygen atoms in total. The van der Waals surface area contributed by atoms with Gasteiger partial charge in [-0.15, -0.1) is 0 Å². The first-order valence-corrected chi connectivity index (χ1v) is 9.87. The summed E-state index contributed by atoms with van der Waals surface area (Å²) in [6.07, 6.45) is 1.46. The molecule has 1 spiro atoms. The Bertz CT molecular complexity index is 989. The van der Waals surface area contributed by atoms with Gasteiger partial charge in [0.1, 0.15) is 22.8 Å². The molecule has 2 aliphatic rings. The molecule has 2 heterocycles. The molecule has 0 N–H and O–H groups in total. The number of Topliss-reactive ketones (excluding diaryl/α,β-unsaturated/α-hetero) is 1. The second-order valence-corrected chi connectivity index (χ2v) is 7.66. The molecule has 0 aliphatic carbocycles. The SMILES string of the molecule is COc1ccc2c(c1)OC1(CCN(C(=O)c3ccc(OC(C)=O)cc3)CC1)CC2=O. The Morgan fingerprint density at radius 1 is 1.03 bits per heavy atom. The number of benzene rings is 2. The molecule has 2 aliphatic heterocycles. The fourth-order valence-corrected chi connectivity index (χ4v) is 4.01. The van der Waals surface area contributed by atoms with E-state index in [2.05, 4.69) is 0 Å². The molecule has 156 valence electrons. The number of esters is 1. The van der Waals surface area contributed by atoms with Crippen molar-refractivity contribution in [2.45, 2.75) is 31.8 Å². The molecule has 0 unspecified atom stereocenters. The highest BCUT2D eigenvalue weighted by molar-refractivity contribution is 6.00. The normalized spacial score (nSPS) is 17.1. The van der Waals surface area contributed by atoms with E-state index in [1.807, 2.05) is 0 Å². The van der Waals surface area contributed by atoms with Crippen LogP contribution in [0.1, 0.15) is 46.9 Å². The number of hydrogen-bond acceptors (Lipinski definition) is 6. The summed E-state index contributed by atoms with van der Waals surface area (Å²) in [6.45, 7) is 2.32. The molecule has 0 bridgehead atoms. The molecule has 1 saturated heterocycles. The van der Waals surface area contributed by atoms with Crippen LogP contribution >= 0.6 is 0 Å². The van der Waals surface area contributed by atoms with E-state index in [-0.39, 0.29) is 11.7 Å². The van der Waals surface area contributed by atoms with Crippen molar-refractivity contribution >= 4 is 17.7 Å². The summed E-state index contributed by atoms with van der Waals surface area (Å²) in [7, 11) is 1.57. The fraction of sp³-hybridized carbons (Fsp3) is 0.348. The second kappa shape index (κ2) is 7.82. The molecule has 4 rings (SSSR count). The van der Waals surface area contributed by atoms with Gasteiger partial charge in [0.2, 0.25) is 0 Å². The molecular weight excluding hydrogens is 386 g/mol. The summed E-state index contributed by atoms with van der Waals surface area (Å²) in [5.41, 5.74) is 0.511. The molecule has 2 aromatic carbocycles.